The van der Waals surface area contributed by atoms with Gasteiger partial charge in [0.05, 0.1) is 56.3 Å². The number of aliphatic hydroxyl groups excluding tert-OH is 9. The van der Waals surface area contributed by atoms with Gasteiger partial charge in [0.2, 0.25) is 17.4 Å². The molecule has 12 N–H and O–H groups in total. The van der Waals surface area contributed by atoms with Gasteiger partial charge in [-0.25, -0.2) is 0 Å². The largest absolute Gasteiger partial charge is 0.544 e. The standard InChI is InChI=1S/C15H25NO7.C10H16O7.C9H15NO7.C6H10O/c17-7-10(19)12-13-11(16-8-4-2-1-3-5-8)9(18)6-15(22-12,23-13)14(20)21;1-4-5(12)2-10(9(14)15)16-7(4)8(17-10)6(13)3-11;10-5-3(12)1-9(8(14)15)16-6(4(13)2-11)7(5)17-9;7-6-4-2-1-3-5-6/h8-13,16-19H,1-7H2,(H,20,21);4-8,11-13H,2-3H2,1H3,(H,14,15);3-7,11-13H,1-2,10H2,(H,14,15);1-5H2/p-3/t9-,10-,11-,12-,13?,15-;4-,5-,6-,7?,8-,10+;3-,4-,5-,6-,7?,9-;/m111./s1. The van der Waals surface area contributed by atoms with Gasteiger partial charge in [-0.3, -0.25) is 4.79 Å². The molecule has 2 saturated carbocycles. The summed E-state index contributed by atoms with van der Waals surface area (Å²) < 4.78 is 31.6. The summed E-state index contributed by atoms with van der Waals surface area (Å²) in [5.74, 6) is -10.9. The second kappa shape index (κ2) is 22.0. The third-order valence-electron chi connectivity index (χ3n) is 13.2. The van der Waals surface area contributed by atoms with E-state index in [1.807, 2.05) is 0 Å². The zero-order chi connectivity index (χ0) is 47.3. The van der Waals surface area contributed by atoms with Crippen molar-refractivity contribution in [1.82, 2.24) is 5.32 Å². The van der Waals surface area contributed by atoms with Crippen LogP contribution in [0.5, 0.6) is 0 Å². The number of carboxylic acid groups (broad SMARTS) is 3. The summed E-state index contributed by atoms with van der Waals surface area (Å²) in [5, 5.41) is 122. The fraction of sp³-hybridized carbons (Fsp3) is 0.900. The summed E-state index contributed by atoms with van der Waals surface area (Å²) in [6.45, 7) is -0.118. The number of carbonyl (C=O) groups is 4. The minimum Gasteiger partial charge on any atom is -0.544 e. The van der Waals surface area contributed by atoms with Crippen LogP contribution in [-0.4, -0.2) is 198 Å². The molecule has 0 spiro atoms. The third-order valence-corrected chi connectivity index (χ3v) is 13.2. The summed E-state index contributed by atoms with van der Waals surface area (Å²) in [7, 11) is 0. The summed E-state index contributed by atoms with van der Waals surface area (Å²) in [6.07, 6.45) is -2.98. The topological polar surface area (TPSA) is 413 Å². The van der Waals surface area contributed by atoms with Gasteiger partial charge in [-0.15, -0.1) is 0 Å². The van der Waals surface area contributed by atoms with E-state index in [9.17, 15) is 70.2 Å². The molecule has 64 heavy (non-hydrogen) atoms. The fourth-order valence-electron chi connectivity index (χ4n) is 9.44. The number of rotatable bonds is 11. The number of ketones is 1. The number of aliphatic hydroxyl groups is 9. The van der Waals surface area contributed by atoms with E-state index in [4.69, 9.17) is 44.4 Å². The van der Waals surface area contributed by atoms with E-state index in [2.05, 4.69) is 5.32 Å². The fourth-order valence-corrected chi connectivity index (χ4v) is 9.44. The summed E-state index contributed by atoms with van der Waals surface area (Å²) in [5.41, 5.74) is 5.64. The highest BCUT2D eigenvalue weighted by atomic mass is 16.8. The summed E-state index contributed by atoms with van der Waals surface area (Å²) >= 11 is 0. The number of fused-ring (bicyclic) bond motifs is 6. The lowest BCUT2D eigenvalue weighted by Gasteiger charge is -2.41. The van der Waals surface area contributed by atoms with Crippen molar-refractivity contribution in [1.29, 1.82) is 0 Å². The molecular formula is C40H63N2O22-3. The number of Topliss-reactive ketones (excluding diaryl/α,β-unsaturated/α-hetero) is 1. The smallest absolute Gasteiger partial charge is 0.212 e. The second-order valence-corrected chi connectivity index (χ2v) is 17.7. The van der Waals surface area contributed by atoms with Crippen molar-refractivity contribution in [3.63, 3.8) is 0 Å². The van der Waals surface area contributed by atoms with Crippen molar-refractivity contribution in [3.8, 4) is 0 Å². The Labute approximate surface area is 368 Å². The Morgan fingerprint density at radius 3 is 1.45 bits per heavy atom. The molecule has 8 aliphatic rings. The van der Waals surface area contributed by atoms with E-state index < -0.39 is 146 Å². The molecule has 6 bridgehead atoms. The van der Waals surface area contributed by atoms with Gasteiger partial charge in [0.25, 0.3) is 0 Å². The van der Waals surface area contributed by atoms with Gasteiger partial charge < -0.3 is 115 Å². The van der Waals surface area contributed by atoms with Crippen molar-refractivity contribution < 1.29 is 109 Å². The highest BCUT2D eigenvalue weighted by molar-refractivity contribution is 5.78. The van der Waals surface area contributed by atoms with E-state index in [0.29, 0.717) is 5.78 Å². The Bertz CT molecular complexity index is 1520. The van der Waals surface area contributed by atoms with Gasteiger partial charge in [-0.05, 0) is 25.7 Å². The highest BCUT2D eigenvalue weighted by Crippen LogP contribution is 2.45. The summed E-state index contributed by atoms with van der Waals surface area (Å²) in [6, 6.07) is -1.23. The van der Waals surface area contributed by atoms with Gasteiger partial charge in [0, 0.05) is 44.1 Å². The number of aliphatic carboxylic acids is 3. The first-order valence-corrected chi connectivity index (χ1v) is 21.8. The highest BCUT2D eigenvalue weighted by Gasteiger charge is 2.62. The van der Waals surface area contributed by atoms with Crippen molar-refractivity contribution in [2.24, 2.45) is 11.7 Å². The number of carbonyl (C=O) groups excluding carboxylic acids is 4. The van der Waals surface area contributed by atoms with E-state index in [0.717, 1.165) is 51.4 Å². The maximum Gasteiger partial charge on any atom is 0.212 e. The van der Waals surface area contributed by atoms with Crippen molar-refractivity contribution in [2.45, 2.75) is 199 Å². The van der Waals surface area contributed by atoms with Crippen LogP contribution in [0.15, 0.2) is 0 Å². The molecule has 3 unspecified atom stereocenters. The predicted octanol–water partition coefficient (Wildman–Crippen LogP) is -8.22. The Kier molecular flexibility index (Phi) is 18.0. The van der Waals surface area contributed by atoms with E-state index in [1.54, 1.807) is 6.92 Å². The summed E-state index contributed by atoms with van der Waals surface area (Å²) in [4.78, 5) is 43.9. The Morgan fingerprint density at radius 2 is 1.02 bits per heavy atom. The molecule has 0 aromatic carbocycles. The van der Waals surface area contributed by atoms with Crippen LogP contribution in [0.3, 0.4) is 0 Å². The molecule has 6 aliphatic heterocycles. The first-order chi connectivity index (χ1) is 30.2. The molecule has 24 heteroatoms. The minimum absolute atomic E-state index is 0.218. The lowest BCUT2D eigenvalue weighted by Crippen LogP contribution is -2.63. The van der Waals surface area contributed by atoms with Crippen LogP contribution in [0, 0.1) is 5.92 Å². The maximum absolute atomic E-state index is 11.4. The van der Waals surface area contributed by atoms with Crippen LogP contribution >= 0.6 is 0 Å². The lowest BCUT2D eigenvalue weighted by molar-refractivity contribution is -0.355. The number of nitrogens with two attached hydrogens (primary N) is 1. The van der Waals surface area contributed by atoms with E-state index >= 15 is 0 Å². The number of hydrogen-bond donors (Lipinski definition) is 11. The van der Waals surface area contributed by atoms with Gasteiger partial charge in [0.15, 0.2) is 0 Å². The molecule has 2 aliphatic carbocycles. The van der Waals surface area contributed by atoms with Crippen LogP contribution in [0.4, 0.5) is 0 Å². The Balaban J connectivity index is 0.000000170. The maximum atomic E-state index is 11.4. The van der Waals surface area contributed by atoms with Gasteiger partial charge in [-0.1, -0.05) is 32.6 Å². The first kappa shape index (κ1) is 52.4. The zero-order valence-corrected chi connectivity index (χ0v) is 35.5. The van der Waals surface area contributed by atoms with Gasteiger partial charge in [0.1, 0.15) is 72.5 Å². The van der Waals surface area contributed by atoms with Gasteiger partial charge in [-0.2, -0.15) is 0 Å². The number of ether oxygens (including phenoxy) is 6. The Hall–Kier alpha value is -2.60. The predicted molar refractivity (Wildman–Crippen MR) is 203 cm³/mol. The quantitative estimate of drug-likeness (QED) is 0.0916. The zero-order valence-electron chi connectivity index (χ0n) is 35.5. The van der Waals surface area contributed by atoms with Crippen LogP contribution in [0.1, 0.15) is 90.4 Å². The van der Waals surface area contributed by atoms with Crippen LogP contribution in [0.2, 0.25) is 0 Å². The minimum atomic E-state index is -2.10. The van der Waals surface area contributed by atoms with Crippen LogP contribution in [-0.2, 0) is 47.6 Å². The molecule has 6 saturated heterocycles. The number of carboxylic acids is 3. The average molecular weight is 924 g/mol. The molecule has 0 amide bonds. The first-order valence-electron chi connectivity index (χ1n) is 21.8. The Morgan fingerprint density at radius 1 is 0.625 bits per heavy atom. The molecule has 24 nitrogen and oxygen atoms in total. The molecule has 0 aromatic rings. The molecule has 0 aromatic heterocycles. The molecule has 368 valence electrons. The van der Waals surface area contributed by atoms with Gasteiger partial charge >= 0.3 is 0 Å². The van der Waals surface area contributed by atoms with Crippen molar-refractivity contribution in [3.05, 3.63) is 0 Å². The number of hydrogen-bond acceptors (Lipinski definition) is 24. The average Bonchev–Trinajstić information content (AvgIpc) is 3.93. The van der Waals surface area contributed by atoms with Crippen LogP contribution in [0.25, 0.3) is 0 Å². The monoisotopic (exact) mass is 923 g/mol. The second-order valence-electron chi connectivity index (χ2n) is 17.7. The van der Waals surface area contributed by atoms with Crippen molar-refractivity contribution in [2.75, 3.05) is 19.8 Å². The normalized spacial score (nSPS) is 42.6. The molecule has 0 radical (unpaired) electrons. The van der Waals surface area contributed by atoms with E-state index in [1.165, 1.54) is 12.8 Å². The molecule has 18 atom stereocenters. The molecule has 6 heterocycles. The lowest BCUT2D eigenvalue weighted by atomic mass is 9.87. The van der Waals surface area contributed by atoms with Crippen molar-refractivity contribution >= 4 is 23.7 Å². The number of nitrogens with one attached hydrogen (secondary N) is 1. The van der Waals surface area contributed by atoms with Crippen LogP contribution < -0.4 is 26.4 Å². The molecule has 8 rings (SSSR count). The molecular weight excluding hydrogens is 860 g/mol. The molecule has 8 fully saturated rings. The SMILES string of the molecule is C[C@H]1C2O[C@@](C(=O)[O-])(C[C@H]1O)O[C@@H]2[C@H](O)CO.N[C@H]1C2O[C@@](C(=O)[O-])(C[C@H]1O)O[C@@H]2[C@H](O)CO.O=C([O-])[C@@]12C[C@@H](O)[C@@H](NC3CCCCC3)C(O1)[C@@H]([C@H](O)CO)O2.O=C1CCCCC1. The third kappa shape index (κ3) is 11.2. The van der Waals surface area contributed by atoms with E-state index in [-0.39, 0.29) is 25.3 Å².